The minimum absolute atomic E-state index is 0.299. The quantitative estimate of drug-likeness (QED) is 0.417. The van der Waals surface area contributed by atoms with Crippen LogP contribution in [0.3, 0.4) is 0 Å². The molecule has 0 bridgehead atoms. The van der Waals surface area contributed by atoms with Gasteiger partial charge in [-0.15, -0.1) is 16.9 Å². The standard InChI is InChI=1S/C17H14N4OS/c1-2-23-15-13-10-6-7-11-14(13)21-16(18-15)19-17(20-21)22-12-8-4-3-5-9-12/h3-11H,2H2,1H3. The van der Waals surface area contributed by atoms with Gasteiger partial charge < -0.3 is 4.74 Å². The maximum absolute atomic E-state index is 5.72. The van der Waals surface area contributed by atoms with Crippen LogP contribution in [0.4, 0.5) is 0 Å². The van der Waals surface area contributed by atoms with Crippen molar-refractivity contribution in [3.63, 3.8) is 0 Å². The normalized spacial score (nSPS) is 11.2. The van der Waals surface area contributed by atoms with Crippen LogP contribution >= 0.6 is 11.8 Å². The molecule has 0 atom stereocenters. The molecule has 2 aromatic carbocycles. The molecule has 0 N–H and O–H groups in total. The van der Waals surface area contributed by atoms with Crippen LogP contribution in [0.1, 0.15) is 6.92 Å². The molecule has 6 heteroatoms. The zero-order valence-corrected chi connectivity index (χ0v) is 13.3. The van der Waals surface area contributed by atoms with Gasteiger partial charge in [-0.2, -0.15) is 9.50 Å². The third kappa shape index (κ3) is 2.61. The van der Waals surface area contributed by atoms with Crippen LogP contribution < -0.4 is 4.74 Å². The number of para-hydroxylation sites is 2. The number of ether oxygens (including phenoxy) is 1. The molecule has 0 radical (unpaired) electrons. The molecule has 0 saturated carbocycles. The summed E-state index contributed by atoms with van der Waals surface area (Å²) in [6.07, 6.45) is 0. The summed E-state index contributed by atoms with van der Waals surface area (Å²) in [6.45, 7) is 2.11. The zero-order valence-electron chi connectivity index (χ0n) is 12.5. The minimum Gasteiger partial charge on any atom is -0.423 e. The van der Waals surface area contributed by atoms with Gasteiger partial charge >= 0.3 is 6.01 Å². The van der Waals surface area contributed by atoms with Crippen molar-refractivity contribution in [2.75, 3.05) is 5.75 Å². The summed E-state index contributed by atoms with van der Waals surface area (Å²) in [7, 11) is 0. The molecular weight excluding hydrogens is 308 g/mol. The van der Waals surface area contributed by atoms with E-state index in [0.717, 1.165) is 21.7 Å². The largest absolute Gasteiger partial charge is 0.423 e. The second kappa shape index (κ2) is 5.89. The first-order valence-corrected chi connectivity index (χ1v) is 8.35. The van der Waals surface area contributed by atoms with Crippen LogP contribution in [0.5, 0.6) is 11.8 Å². The van der Waals surface area contributed by atoms with Gasteiger partial charge in [-0.05, 0) is 24.0 Å². The number of thioether (sulfide) groups is 1. The summed E-state index contributed by atoms with van der Waals surface area (Å²) in [5.41, 5.74) is 0.976. The van der Waals surface area contributed by atoms with Gasteiger partial charge in [-0.1, -0.05) is 43.3 Å². The first-order chi connectivity index (χ1) is 11.3. The number of aromatic nitrogens is 4. The fraction of sp³-hybridized carbons (Fsp3) is 0.118. The Kier molecular flexibility index (Phi) is 3.59. The molecule has 2 heterocycles. The number of fused-ring (bicyclic) bond motifs is 3. The van der Waals surface area contributed by atoms with Gasteiger partial charge in [0.1, 0.15) is 10.8 Å². The summed E-state index contributed by atoms with van der Waals surface area (Å²) in [6, 6.07) is 17.9. The van der Waals surface area contributed by atoms with E-state index in [1.807, 2.05) is 48.5 Å². The van der Waals surface area contributed by atoms with E-state index in [1.54, 1.807) is 16.3 Å². The van der Waals surface area contributed by atoms with Crippen molar-refractivity contribution in [2.24, 2.45) is 0 Å². The Labute approximate surface area is 137 Å². The fourth-order valence-electron chi connectivity index (χ4n) is 2.39. The van der Waals surface area contributed by atoms with E-state index in [-0.39, 0.29) is 0 Å². The Balaban J connectivity index is 1.86. The van der Waals surface area contributed by atoms with Crippen molar-refractivity contribution in [3.8, 4) is 11.8 Å². The third-order valence-corrected chi connectivity index (χ3v) is 4.24. The SMILES string of the molecule is CCSc1nc2nc(Oc3ccccc3)nn2c2ccccc12. The maximum Gasteiger partial charge on any atom is 0.343 e. The number of benzene rings is 2. The average molecular weight is 322 g/mol. The molecule has 2 aromatic heterocycles. The summed E-state index contributed by atoms with van der Waals surface area (Å²) in [5, 5.41) is 6.49. The predicted molar refractivity (Wildman–Crippen MR) is 91.2 cm³/mol. The highest BCUT2D eigenvalue weighted by atomic mass is 32.2. The molecule has 114 valence electrons. The van der Waals surface area contributed by atoms with Crippen LogP contribution in [0.2, 0.25) is 0 Å². The monoisotopic (exact) mass is 322 g/mol. The highest BCUT2D eigenvalue weighted by molar-refractivity contribution is 7.99. The lowest BCUT2D eigenvalue weighted by atomic mass is 10.2. The van der Waals surface area contributed by atoms with Crippen molar-refractivity contribution in [2.45, 2.75) is 11.9 Å². The Morgan fingerprint density at radius 2 is 1.78 bits per heavy atom. The van der Waals surface area contributed by atoms with Gasteiger partial charge in [0.05, 0.1) is 5.52 Å². The maximum atomic E-state index is 5.72. The van der Waals surface area contributed by atoms with Gasteiger partial charge in [0.2, 0.25) is 0 Å². The first-order valence-electron chi connectivity index (χ1n) is 7.36. The molecule has 0 unspecified atom stereocenters. The van der Waals surface area contributed by atoms with Crippen molar-refractivity contribution in [1.29, 1.82) is 0 Å². The Bertz CT molecular complexity index is 968. The van der Waals surface area contributed by atoms with Gasteiger partial charge in [-0.3, -0.25) is 0 Å². The van der Waals surface area contributed by atoms with E-state index in [1.165, 1.54) is 0 Å². The molecule has 0 spiro atoms. The first kappa shape index (κ1) is 14.0. The van der Waals surface area contributed by atoms with Crippen LogP contribution in [0, 0.1) is 0 Å². The van der Waals surface area contributed by atoms with Crippen LogP contribution in [-0.4, -0.2) is 25.3 Å². The van der Waals surface area contributed by atoms with Crippen molar-refractivity contribution in [3.05, 3.63) is 54.6 Å². The molecule has 0 aliphatic rings. The summed E-state index contributed by atoms with van der Waals surface area (Å²) >= 11 is 1.70. The van der Waals surface area contributed by atoms with Crippen molar-refractivity contribution in [1.82, 2.24) is 19.6 Å². The number of rotatable bonds is 4. The fourth-order valence-corrected chi connectivity index (χ4v) is 3.14. The number of hydrogen-bond acceptors (Lipinski definition) is 5. The molecule has 0 amide bonds. The van der Waals surface area contributed by atoms with E-state index in [2.05, 4.69) is 28.1 Å². The lowest BCUT2D eigenvalue weighted by molar-refractivity contribution is 0.443. The highest BCUT2D eigenvalue weighted by Gasteiger charge is 2.13. The van der Waals surface area contributed by atoms with Crippen molar-refractivity contribution < 1.29 is 4.74 Å². The summed E-state index contributed by atoms with van der Waals surface area (Å²) < 4.78 is 7.45. The zero-order chi connectivity index (χ0) is 15.6. The molecule has 4 rings (SSSR count). The van der Waals surface area contributed by atoms with Crippen LogP contribution in [0.25, 0.3) is 16.7 Å². The van der Waals surface area contributed by atoms with Gasteiger partial charge in [0.25, 0.3) is 5.78 Å². The molecule has 0 aliphatic carbocycles. The Morgan fingerprint density at radius 3 is 2.61 bits per heavy atom. The topological polar surface area (TPSA) is 52.3 Å². The average Bonchev–Trinajstić information content (AvgIpc) is 2.99. The Hall–Kier alpha value is -2.60. The molecule has 4 aromatic rings. The number of nitrogens with zero attached hydrogens (tertiary/aromatic N) is 4. The van der Waals surface area contributed by atoms with E-state index in [9.17, 15) is 0 Å². The third-order valence-electron chi connectivity index (χ3n) is 3.37. The lowest BCUT2D eigenvalue weighted by Crippen LogP contribution is -1.96. The van der Waals surface area contributed by atoms with E-state index in [0.29, 0.717) is 17.5 Å². The summed E-state index contributed by atoms with van der Waals surface area (Å²) in [5.74, 6) is 2.20. The minimum atomic E-state index is 0.299. The second-order valence-corrected chi connectivity index (χ2v) is 6.14. The molecule has 23 heavy (non-hydrogen) atoms. The van der Waals surface area contributed by atoms with E-state index in [4.69, 9.17) is 4.74 Å². The second-order valence-electron chi connectivity index (χ2n) is 4.89. The van der Waals surface area contributed by atoms with Crippen molar-refractivity contribution >= 4 is 28.4 Å². The molecular formula is C17H14N4OS. The predicted octanol–water partition coefficient (Wildman–Crippen LogP) is 4.18. The molecule has 0 aliphatic heterocycles. The van der Waals surface area contributed by atoms with Crippen LogP contribution in [-0.2, 0) is 0 Å². The van der Waals surface area contributed by atoms with Gasteiger partial charge in [0, 0.05) is 5.39 Å². The van der Waals surface area contributed by atoms with E-state index >= 15 is 0 Å². The highest BCUT2D eigenvalue weighted by Crippen LogP contribution is 2.27. The molecule has 5 nitrogen and oxygen atoms in total. The van der Waals surface area contributed by atoms with Gasteiger partial charge in [-0.25, -0.2) is 4.98 Å². The number of hydrogen-bond donors (Lipinski definition) is 0. The molecule has 0 saturated heterocycles. The summed E-state index contributed by atoms with van der Waals surface area (Å²) in [4.78, 5) is 9.03. The Morgan fingerprint density at radius 1 is 1.00 bits per heavy atom. The van der Waals surface area contributed by atoms with Gasteiger partial charge in [0.15, 0.2) is 0 Å². The molecule has 0 fully saturated rings. The smallest absolute Gasteiger partial charge is 0.343 e. The lowest BCUT2D eigenvalue weighted by Gasteiger charge is -2.04. The van der Waals surface area contributed by atoms with E-state index < -0.39 is 0 Å². The van der Waals surface area contributed by atoms with Crippen LogP contribution in [0.15, 0.2) is 59.6 Å².